The number of nitrogens with two attached hydrogens (primary N) is 1. The minimum absolute atomic E-state index is 0.0493. The van der Waals surface area contributed by atoms with Gasteiger partial charge in [0.25, 0.3) is 12.0 Å². The Morgan fingerprint density at radius 1 is 1.36 bits per heavy atom. The molecule has 1 spiro atoms. The maximum absolute atomic E-state index is 13.2. The number of hydrogen-bond acceptors (Lipinski definition) is 4. The maximum atomic E-state index is 13.2. The van der Waals surface area contributed by atoms with E-state index in [9.17, 15) is 13.6 Å². The number of pyridine rings is 1. The number of halogens is 2. The molecular formula is C15H16F2N4O. The zero-order valence-electron chi connectivity index (χ0n) is 11.9. The van der Waals surface area contributed by atoms with Gasteiger partial charge in [-0.3, -0.25) is 9.36 Å². The van der Waals surface area contributed by atoms with Gasteiger partial charge in [0.1, 0.15) is 5.65 Å². The molecule has 2 aromatic heterocycles. The van der Waals surface area contributed by atoms with Crippen LogP contribution in [0.1, 0.15) is 50.1 Å². The van der Waals surface area contributed by atoms with Crippen LogP contribution in [0, 0.1) is 5.41 Å². The van der Waals surface area contributed by atoms with Crippen molar-refractivity contribution >= 4 is 17.0 Å². The normalized spacial score (nSPS) is 22.8. The number of hydrogen-bond donors (Lipinski definition) is 1. The SMILES string of the molecule is Nc1ncc2cc(C(F)F)c(=O)n(C3CCCC34CC4)c2n1. The third-order valence-electron chi connectivity index (χ3n) is 5.12. The van der Waals surface area contributed by atoms with Crippen LogP contribution in [0.15, 0.2) is 17.1 Å². The van der Waals surface area contributed by atoms with Crippen LogP contribution in [0.25, 0.3) is 11.0 Å². The highest BCUT2D eigenvalue weighted by Gasteiger charge is 2.53. The van der Waals surface area contributed by atoms with E-state index in [2.05, 4.69) is 9.97 Å². The van der Waals surface area contributed by atoms with Gasteiger partial charge >= 0.3 is 0 Å². The second-order valence-electron chi connectivity index (χ2n) is 6.35. The van der Waals surface area contributed by atoms with Crippen molar-refractivity contribution in [2.24, 2.45) is 5.41 Å². The van der Waals surface area contributed by atoms with E-state index in [1.807, 2.05) is 0 Å². The predicted molar refractivity (Wildman–Crippen MR) is 77.7 cm³/mol. The fraction of sp³-hybridized carbons (Fsp3) is 0.533. The molecule has 116 valence electrons. The molecule has 2 aromatic rings. The van der Waals surface area contributed by atoms with Crippen LogP contribution < -0.4 is 11.3 Å². The molecule has 22 heavy (non-hydrogen) atoms. The summed E-state index contributed by atoms with van der Waals surface area (Å²) < 4.78 is 27.9. The Hall–Kier alpha value is -2.05. The zero-order valence-corrected chi connectivity index (χ0v) is 11.9. The van der Waals surface area contributed by atoms with Gasteiger partial charge in [0.15, 0.2) is 0 Å². The van der Waals surface area contributed by atoms with Crippen LogP contribution in [-0.2, 0) is 0 Å². The Kier molecular flexibility index (Phi) is 2.76. The maximum Gasteiger partial charge on any atom is 0.269 e. The first-order valence-electron chi connectivity index (χ1n) is 7.48. The van der Waals surface area contributed by atoms with Crippen molar-refractivity contribution in [3.63, 3.8) is 0 Å². The largest absolute Gasteiger partial charge is 0.368 e. The van der Waals surface area contributed by atoms with E-state index in [0.717, 1.165) is 32.1 Å². The lowest BCUT2D eigenvalue weighted by atomic mass is 9.99. The van der Waals surface area contributed by atoms with Crippen molar-refractivity contribution in [1.29, 1.82) is 0 Å². The molecule has 1 unspecified atom stereocenters. The number of nitrogen functional groups attached to an aromatic ring is 1. The molecule has 7 heteroatoms. The lowest BCUT2D eigenvalue weighted by molar-refractivity contribution is 0.148. The van der Waals surface area contributed by atoms with Gasteiger partial charge in [-0.05, 0) is 37.2 Å². The molecule has 2 aliphatic rings. The first kappa shape index (κ1) is 13.6. The Morgan fingerprint density at radius 2 is 2.14 bits per heavy atom. The summed E-state index contributed by atoms with van der Waals surface area (Å²) >= 11 is 0. The molecule has 4 rings (SSSR count). The Labute approximate surface area is 125 Å². The van der Waals surface area contributed by atoms with Crippen molar-refractivity contribution in [1.82, 2.24) is 14.5 Å². The first-order valence-corrected chi connectivity index (χ1v) is 7.48. The molecular weight excluding hydrogens is 290 g/mol. The quantitative estimate of drug-likeness (QED) is 0.926. The number of nitrogens with zero attached hydrogens (tertiary/aromatic N) is 3. The summed E-state index contributed by atoms with van der Waals surface area (Å²) in [5.74, 6) is 0.0493. The van der Waals surface area contributed by atoms with Crippen LogP contribution in [-0.4, -0.2) is 14.5 Å². The van der Waals surface area contributed by atoms with Crippen LogP contribution in [0.5, 0.6) is 0 Å². The van der Waals surface area contributed by atoms with Crippen molar-refractivity contribution in [2.45, 2.75) is 44.6 Å². The Bertz CT molecular complexity index is 813. The zero-order chi connectivity index (χ0) is 15.5. The number of rotatable bonds is 2. The van der Waals surface area contributed by atoms with Gasteiger partial charge in [-0.2, -0.15) is 4.98 Å². The van der Waals surface area contributed by atoms with E-state index in [4.69, 9.17) is 5.73 Å². The van der Waals surface area contributed by atoms with Gasteiger partial charge in [-0.25, -0.2) is 13.8 Å². The van der Waals surface area contributed by atoms with Gasteiger partial charge < -0.3 is 5.73 Å². The van der Waals surface area contributed by atoms with Gasteiger partial charge in [-0.1, -0.05) is 6.42 Å². The van der Waals surface area contributed by atoms with E-state index >= 15 is 0 Å². The lowest BCUT2D eigenvalue weighted by Gasteiger charge is -2.23. The van der Waals surface area contributed by atoms with Gasteiger partial charge in [0, 0.05) is 17.6 Å². The van der Waals surface area contributed by atoms with E-state index in [1.165, 1.54) is 16.8 Å². The topological polar surface area (TPSA) is 73.8 Å². The molecule has 2 saturated carbocycles. The summed E-state index contributed by atoms with van der Waals surface area (Å²) in [6.07, 6.45) is 3.58. The summed E-state index contributed by atoms with van der Waals surface area (Å²) in [7, 11) is 0. The highest BCUT2D eigenvalue weighted by atomic mass is 19.3. The third-order valence-corrected chi connectivity index (χ3v) is 5.12. The molecule has 2 N–H and O–H groups in total. The molecule has 2 fully saturated rings. The van der Waals surface area contributed by atoms with Crippen molar-refractivity contribution in [2.75, 3.05) is 5.73 Å². The fourth-order valence-corrected chi connectivity index (χ4v) is 3.87. The minimum atomic E-state index is -2.81. The molecule has 0 radical (unpaired) electrons. The summed E-state index contributed by atoms with van der Waals surface area (Å²) in [6, 6.07) is 1.13. The summed E-state index contributed by atoms with van der Waals surface area (Å²) in [5, 5.41) is 0.437. The second-order valence-corrected chi connectivity index (χ2v) is 6.35. The number of aromatic nitrogens is 3. The highest BCUT2D eigenvalue weighted by molar-refractivity contribution is 5.76. The monoisotopic (exact) mass is 306 g/mol. The summed E-state index contributed by atoms with van der Waals surface area (Å²) in [5.41, 5.74) is 4.98. The van der Waals surface area contributed by atoms with E-state index < -0.39 is 17.5 Å². The first-order chi connectivity index (χ1) is 10.5. The highest BCUT2D eigenvalue weighted by Crippen LogP contribution is 2.63. The number of anilines is 1. The van der Waals surface area contributed by atoms with Crippen molar-refractivity contribution in [3.8, 4) is 0 Å². The Morgan fingerprint density at radius 3 is 2.82 bits per heavy atom. The third kappa shape index (κ3) is 1.84. The number of alkyl halides is 2. The molecule has 2 aliphatic carbocycles. The molecule has 0 bridgehead atoms. The molecule has 0 aromatic carbocycles. The van der Waals surface area contributed by atoms with E-state index in [0.29, 0.717) is 11.0 Å². The molecule has 0 aliphatic heterocycles. The van der Waals surface area contributed by atoms with Gasteiger partial charge in [-0.15, -0.1) is 0 Å². The fourth-order valence-electron chi connectivity index (χ4n) is 3.87. The lowest BCUT2D eigenvalue weighted by Crippen LogP contribution is -2.31. The minimum Gasteiger partial charge on any atom is -0.368 e. The van der Waals surface area contributed by atoms with Crippen molar-refractivity contribution in [3.05, 3.63) is 28.2 Å². The predicted octanol–water partition coefficient (Wildman–Crippen LogP) is 2.82. The van der Waals surface area contributed by atoms with Gasteiger partial charge in [0.05, 0.1) is 5.56 Å². The molecule has 0 saturated heterocycles. The summed E-state index contributed by atoms with van der Waals surface area (Å²) in [6.45, 7) is 0. The van der Waals surface area contributed by atoms with E-state index in [-0.39, 0.29) is 17.4 Å². The standard InChI is InChI=1S/C15H16F2N4O/c16-11(17)9-6-8-7-19-14(18)20-12(8)21(13(9)22)10-2-1-3-15(10)4-5-15/h6-7,10-11H,1-5H2,(H2,18,19,20). The second kappa shape index (κ2) is 4.47. The van der Waals surface area contributed by atoms with Crippen LogP contribution >= 0.6 is 0 Å². The average Bonchev–Trinajstić information content (AvgIpc) is 3.13. The van der Waals surface area contributed by atoms with Crippen molar-refractivity contribution < 1.29 is 8.78 Å². The smallest absolute Gasteiger partial charge is 0.269 e. The average molecular weight is 306 g/mol. The molecule has 0 amide bonds. The number of fused-ring (bicyclic) bond motifs is 1. The van der Waals surface area contributed by atoms with Crippen LogP contribution in [0.2, 0.25) is 0 Å². The van der Waals surface area contributed by atoms with Crippen LogP contribution in [0.3, 0.4) is 0 Å². The molecule has 1 atom stereocenters. The van der Waals surface area contributed by atoms with Crippen LogP contribution in [0.4, 0.5) is 14.7 Å². The van der Waals surface area contributed by atoms with E-state index in [1.54, 1.807) is 0 Å². The molecule has 2 heterocycles. The summed E-state index contributed by atoms with van der Waals surface area (Å²) in [4.78, 5) is 20.6. The molecule has 5 nitrogen and oxygen atoms in total. The van der Waals surface area contributed by atoms with Gasteiger partial charge in [0.2, 0.25) is 5.95 Å². The Balaban J connectivity index is 2.03.